The third-order valence-electron chi connectivity index (χ3n) is 4.57. The number of fused-ring (bicyclic) bond motifs is 1. The molecule has 30 heavy (non-hydrogen) atoms. The van der Waals surface area contributed by atoms with Gasteiger partial charge in [-0.15, -0.1) is 0 Å². The molecule has 0 saturated heterocycles. The minimum atomic E-state index is -4.20. The summed E-state index contributed by atoms with van der Waals surface area (Å²) in [6.45, 7) is 7.47. The number of hydrogen-bond donors (Lipinski definition) is 4. The molecule has 2 aromatic carbocycles. The van der Waals surface area contributed by atoms with Crippen LogP contribution in [0.3, 0.4) is 0 Å². The zero-order chi connectivity index (χ0) is 22.1. The van der Waals surface area contributed by atoms with E-state index in [1.54, 1.807) is 24.4 Å². The van der Waals surface area contributed by atoms with Crippen molar-refractivity contribution in [2.45, 2.75) is 39.5 Å². The van der Waals surface area contributed by atoms with E-state index in [1.807, 2.05) is 32.4 Å². The summed E-state index contributed by atoms with van der Waals surface area (Å²) in [5.41, 5.74) is 2.49. The molecule has 160 valence electrons. The highest BCUT2D eigenvalue weighted by Crippen LogP contribution is 2.33. The smallest absolute Gasteiger partial charge is 0.307 e. The average Bonchev–Trinajstić information content (AvgIpc) is 3.09. The van der Waals surface area contributed by atoms with Crippen LogP contribution in [0.25, 0.3) is 10.9 Å². The Bertz CT molecular complexity index is 1160. The third-order valence-corrected chi connectivity index (χ3v) is 5.53. The molecule has 0 unspecified atom stereocenters. The van der Waals surface area contributed by atoms with Crippen molar-refractivity contribution in [3.05, 3.63) is 53.5 Å². The van der Waals surface area contributed by atoms with Crippen LogP contribution in [0.4, 0.5) is 20.6 Å². The molecule has 0 saturated carbocycles. The van der Waals surface area contributed by atoms with Gasteiger partial charge in [0, 0.05) is 11.1 Å². The Morgan fingerprint density at radius 2 is 1.70 bits per heavy atom. The van der Waals surface area contributed by atoms with Gasteiger partial charge in [-0.05, 0) is 53.3 Å². The highest BCUT2D eigenvalue weighted by atomic mass is 32.2. The van der Waals surface area contributed by atoms with Crippen molar-refractivity contribution in [2.75, 3.05) is 10.0 Å². The monoisotopic (exact) mass is 433 g/mol. The van der Waals surface area contributed by atoms with Gasteiger partial charge in [-0.3, -0.25) is 9.82 Å². The van der Waals surface area contributed by atoms with Crippen LogP contribution in [-0.2, 0) is 10.2 Å². The molecule has 0 bridgehead atoms. The number of nitrogens with one attached hydrogen (secondary N) is 4. The van der Waals surface area contributed by atoms with Crippen LogP contribution in [0.15, 0.2) is 36.5 Å². The van der Waals surface area contributed by atoms with Crippen LogP contribution in [0.5, 0.6) is 0 Å². The van der Waals surface area contributed by atoms with Crippen molar-refractivity contribution in [3.63, 3.8) is 0 Å². The van der Waals surface area contributed by atoms with Gasteiger partial charge in [0.1, 0.15) is 5.82 Å². The molecule has 0 aliphatic rings. The van der Waals surface area contributed by atoms with Crippen LogP contribution >= 0.6 is 0 Å². The van der Waals surface area contributed by atoms with E-state index in [1.165, 1.54) is 12.1 Å². The highest BCUT2D eigenvalue weighted by Gasteiger charge is 2.21. The molecule has 4 N–H and O–H groups in total. The topological polar surface area (TPSA) is 116 Å². The number of aromatic nitrogens is 2. The molecule has 1 aromatic heterocycles. The van der Waals surface area contributed by atoms with E-state index >= 15 is 0 Å². The second kappa shape index (κ2) is 8.31. The van der Waals surface area contributed by atoms with E-state index in [9.17, 15) is 17.6 Å². The number of aromatic amines is 1. The molecule has 1 heterocycles. The number of carbonyl (C=O) groups is 1. The number of urea groups is 1. The molecule has 3 aromatic rings. The number of anilines is 2. The first-order chi connectivity index (χ1) is 14.1. The molecule has 0 aliphatic heterocycles. The van der Waals surface area contributed by atoms with E-state index in [0.717, 1.165) is 5.39 Å². The zero-order valence-electron chi connectivity index (χ0n) is 17.1. The summed E-state index contributed by atoms with van der Waals surface area (Å²) >= 11 is 0. The third kappa shape index (κ3) is 4.88. The fourth-order valence-electron chi connectivity index (χ4n) is 3.15. The van der Waals surface area contributed by atoms with E-state index in [-0.39, 0.29) is 17.5 Å². The number of nitrogens with zero attached hydrogens (tertiary/aromatic N) is 1. The molecular weight excluding hydrogens is 409 g/mol. The summed E-state index contributed by atoms with van der Waals surface area (Å²) in [5.74, 6) is -0.564. The molecule has 8 nitrogen and oxygen atoms in total. The number of benzene rings is 2. The Morgan fingerprint density at radius 3 is 2.30 bits per heavy atom. The fraction of sp³-hybridized carbons (Fsp3) is 0.300. The Labute approximate surface area is 174 Å². The minimum absolute atomic E-state index is 0.0793. The van der Waals surface area contributed by atoms with Crippen LogP contribution in [0.2, 0.25) is 0 Å². The summed E-state index contributed by atoms with van der Waals surface area (Å²) in [6.07, 6.45) is 1.61. The summed E-state index contributed by atoms with van der Waals surface area (Å²) in [7, 11) is -4.20. The molecule has 0 radical (unpaired) electrons. The van der Waals surface area contributed by atoms with E-state index in [4.69, 9.17) is 0 Å². The molecule has 0 spiro atoms. The molecule has 0 fully saturated rings. The summed E-state index contributed by atoms with van der Waals surface area (Å²) in [5, 5.41) is 10.0. The van der Waals surface area contributed by atoms with E-state index in [0.29, 0.717) is 22.3 Å². The maximum absolute atomic E-state index is 14.0. The molecule has 2 amide bonds. The number of H-pyrrole nitrogens is 1. The fourth-order valence-corrected chi connectivity index (χ4v) is 3.93. The number of amides is 2. The van der Waals surface area contributed by atoms with Gasteiger partial charge >= 0.3 is 16.2 Å². The Hall–Kier alpha value is -3.14. The van der Waals surface area contributed by atoms with E-state index < -0.39 is 22.1 Å². The largest absolute Gasteiger partial charge is 0.334 e. The number of hydrogen-bond acceptors (Lipinski definition) is 4. The van der Waals surface area contributed by atoms with Crippen molar-refractivity contribution < 1.29 is 17.6 Å². The number of carbonyl (C=O) groups excluding carboxylic acids is 1. The predicted molar refractivity (Wildman–Crippen MR) is 115 cm³/mol. The lowest BCUT2D eigenvalue weighted by atomic mass is 9.92. The van der Waals surface area contributed by atoms with Gasteiger partial charge in [0.2, 0.25) is 0 Å². The Balaban J connectivity index is 1.80. The quantitative estimate of drug-likeness (QED) is 0.460. The van der Waals surface area contributed by atoms with Gasteiger partial charge in [-0.1, -0.05) is 27.7 Å². The van der Waals surface area contributed by atoms with Gasteiger partial charge < -0.3 is 5.32 Å². The first-order valence-electron chi connectivity index (χ1n) is 9.43. The van der Waals surface area contributed by atoms with Crippen molar-refractivity contribution in [3.8, 4) is 0 Å². The molecule has 3 rings (SSSR count). The predicted octanol–water partition coefficient (Wildman–Crippen LogP) is 4.43. The lowest BCUT2D eigenvalue weighted by molar-refractivity contribution is 0.256. The molecule has 10 heteroatoms. The highest BCUT2D eigenvalue weighted by molar-refractivity contribution is 7.91. The van der Waals surface area contributed by atoms with Gasteiger partial charge in [-0.25, -0.2) is 13.9 Å². The van der Waals surface area contributed by atoms with Gasteiger partial charge in [0.15, 0.2) is 0 Å². The maximum atomic E-state index is 14.0. The summed E-state index contributed by atoms with van der Waals surface area (Å²) < 4.78 is 43.0. The zero-order valence-corrected chi connectivity index (χ0v) is 17.9. The second-order valence-corrected chi connectivity index (χ2v) is 9.02. The second-order valence-electron chi connectivity index (χ2n) is 7.60. The Kier molecular flexibility index (Phi) is 5.97. The van der Waals surface area contributed by atoms with Crippen LogP contribution in [-0.4, -0.2) is 24.6 Å². The van der Waals surface area contributed by atoms with Crippen LogP contribution in [0, 0.1) is 5.82 Å². The standard InChI is InChI=1S/C20H24FN5O3S/c1-11(2)16-7-14(21)8-17(12(3)4)19(16)23-20(27)26-30(28,29)25-15-6-5-13-10-22-24-18(13)9-15/h5-12,25H,1-4H3,(H,22,24)(H2,23,26,27). The van der Waals surface area contributed by atoms with E-state index in [2.05, 4.69) is 20.2 Å². The molecule has 0 aliphatic carbocycles. The molecule has 0 atom stereocenters. The SMILES string of the molecule is CC(C)c1cc(F)cc(C(C)C)c1NC(=O)NS(=O)(=O)Nc1ccc2cn[nH]c2c1. The van der Waals surface area contributed by atoms with Crippen molar-refractivity contribution in [1.82, 2.24) is 14.9 Å². The van der Waals surface area contributed by atoms with Crippen molar-refractivity contribution in [2.24, 2.45) is 0 Å². The van der Waals surface area contributed by atoms with Gasteiger partial charge in [0.05, 0.1) is 17.4 Å². The normalized spacial score (nSPS) is 11.8. The summed E-state index contributed by atoms with van der Waals surface area (Å²) in [6, 6.07) is 6.56. The first kappa shape index (κ1) is 21.6. The Morgan fingerprint density at radius 1 is 1.07 bits per heavy atom. The lowest BCUT2D eigenvalue weighted by Gasteiger charge is -2.21. The first-order valence-corrected chi connectivity index (χ1v) is 10.9. The van der Waals surface area contributed by atoms with Gasteiger partial charge in [-0.2, -0.15) is 13.5 Å². The maximum Gasteiger partial charge on any atom is 0.334 e. The number of rotatable bonds is 6. The van der Waals surface area contributed by atoms with Crippen molar-refractivity contribution in [1.29, 1.82) is 0 Å². The lowest BCUT2D eigenvalue weighted by Crippen LogP contribution is -2.38. The van der Waals surface area contributed by atoms with Gasteiger partial charge in [0.25, 0.3) is 0 Å². The van der Waals surface area contributed by atoms with Crippen LogP contribution < -0.4 is 14.8 Å². The average molecular weight is 434 g/mol. The van der Waals surface area contributed by atoms with Crippen LogP contribution in [0.1, 0.15) is 50.7 Å². The number of halogens is 1. The minimum Gasteiger partial charge on any atom is -0.307 e. The summed E-state index contributed by atoms with van der Waals surface area (Å²) in [4.78, 5) is 12.5. The van der Waals surface area contributed by atoms with Crippen molar-refractivity contribution >= 4 is 38.5 Å². The molecular formula is C20H24FN5O3S.